The average molecular weight is 470 g/mol. The molecule has 0 bridgehead atoms. The smallest absolute Gasteiger partial charge is 0.454 e. The van der Waals surface area contributed by atoms with Crippen molar-refractivity contribution in [3.63, 3.8) is 0 Å². The van der Waals surface area contributed by atoms with Crippen LogP contribution >= 0.6 is 0 Å². The van der Waals surface area contributed by atoms with Crippen molar-refractivity contribution in [1.82, 2.24) is 0 Å². The van der Waals surface area contributed by atoms with Gasteiger partial charge >= 0.3 is 12.5 Å². The van der Waals surface area contributed by atoms with Crippen molar-refractivity contribution in [3.8, 4) is 17.2 Å². The molecule has 0 atom stereocenters. The summed E-state index contributed by atoms with van der Waals surface area (Å²) in [5, 5.41) is 0. The van der Waals surface area contributed by atoms with Gasteiger partial charge in [-0.05, 0) is 60.4 Å². The van der Waals surface area contributed by atoms with E-state index in [0.29, 0.717) is 11.3 Å². The molecule has 0 aliphatic heterocycles. The van der Waals surface area contributed by atoms with Crippen molar-refractivity contribution in [1.29, 1.82) is 0 Å². The van der Waals surface area contributed by atoms with Crippen molar-refractivity contribution in [2.45, 2.75) is 25.4 Å². The topological polar surface area (TPSA) is 18.5 Å². The van der Waals surface area contributed by atoms with Crippen molar-refractivity contribution in [3.05, 3.63) is 95.8 Å². The number of hydrogen-bond donors (Lipinski definition) is 0. The quantitative estimate of drug-likeness (QED) is 0.325. The molecule has 174 valence electrons. The molecule has 3 aromatic carbocycles. The summed E-state index contributed by atoms with van der Waals surface area (Å²) >= 11 is 0. The molecule has 0 aliphatic rings. The second-order valence-electron chi connectivity index (χ2n) is 6.91. The molecule has 0 aliphatic carbocycles. The number of ether oxygens (including phenoxy) is 2. The van der Waals surface area contributed by atoms with Crippen molar-refractivity contribution >= 4 is 5.57 Å². The minimum atomic E-state index is -4.94. The van der Waals surface area contributed by atoms with Crippen LogP contribution in [-0.4, -0.2) is 12.5 Å². The molecule has 0 saturated heterocycles. The van der Waals surface area contributed by atoms with Crippen LogP contribution < -0.4 is 9.47 Å². The lowest BCUT2D eigenvalue weighted by Crippen LogP contribution is -2.17. The molecular weight excluding hydrogens is 453 g/mol. The van der Waals surface area contributed by atoms with E-state index in [0.717, 1.165) is 30.3 Å². The Hall–Kier alpha value is -3.49. The number of aryl methyl sites for hydroxylation is 1. The highest BCUT2D eigenvalue weighted by molar-refractivity contribution is 5.70. The predicted octanol–water partition coefficient (Wildman–Crippen LogP) is 8.10. The lowest BCUT2D eigenvalue weighted by Gasteiger charge is -2.14. The number of benzene rings is 3. The summed E-state index contributed by atoms with van der Waals surface area (Å²) in [4.78, 5) is 0. The maximum absolute atomic E-state index is 14.1. The van der Waals surface area contributed by atoms with Crippen molar-refractivity contribution in [2.24, 2.45) is 0 Å². The predicted molar refractivity (Wildman–Crippen MR) is 108 cm³/mol. The molecule has 33 heavy (non-hydrogen) atoms. The fourth-order valence-corrected chi connectivity index (χ4v) is 3.01. The van der Waals surface area contributed by atoms with E-state index in [1.54, 1.807) is 30.3 Å². The standard InChI is InChI=1S/C24H17F7O2/c25-21-14-9-16(15-22(21)32-18-6-2-1-3-7-18)5-4-8-20(23(26,27)28)17-10-12-19(13-11-17)33-24(29,30)31/h1-3,6-15H,4-5H2. The fraction of sp³-hybridized carbons (Fsp3) is 0.167. The zero-order chi connectivity index (χ0) is 24.1. The maximum Gasteiger partial charge on any atom is 0.573 e. The fourth-order valence-electron chi connectivity index (χ4n) is 3.01. The molecule has 0 spiro atoms. The van der Waals surface area contributed by atoms with Crippen LogP contribution in [0.4, 0.5) is 30.7 Å². The molecule has 3 aromatic rings. The third-order valence-electron chi connectivity index (χ3n) is 4.45. The van der Waals surface area contributed by atoms with Crippen molar-refractivity contribution in [2.75, 3.05) is 0 Å². The van der Waals surface area contributed by atoms with Gasteiger partial charge in [0.05, 0.1) is 5.57 Å². The van der Waals surface area contributed by atoms with Gasteiger partial charge in [0.15, 0.2) is 11.6 Å². The van der Waals surface area contributed by atoms with Gasteiger partial charge in [0.25, 0.3) is 0 Å². The largest absolute Gasteiger partial charge is 0.573 e. The van der Waals surface area contributed by atoms with Gasteiger partial charge in [0.2, 0.25) is 0 Å². The maximum atomic E-state index is 14.1. The van der Waals surface area contributed by atoms with E-state index in [1.807, 2.05) is 0 Å². The highest BCUT2D eigenvalue weighted by Crippen LogP contribution is 2.36. The van der Waals surface area contributed by atoms with E-state index in [4.69, 9.17) is 4.74 Å². The number of rotatable bonds is 7. The first-order valence-electron chi connectivity index (χ1n) is 9.66. The summed E-state index contributed by atoms with van der Waals surface area (Å²) in [6, 6.07) is 15.9. The Bertz CT molecular complexity index is 1090. The summed E-state index contributed by atoms with van der Waals surface area (Å²) in [7, 11) is 0. The van der Waals surface area contributed by atoms with Gasteiger partial charge in [0, 0.05) is 0 Å². The van der Waals surface area contributed by atoms with Gasteiger partial charge in [0.1, 0.15) is 11.5 Å². The molecule has 0 N–H and O–H groups in total. The Kier molecular flexibility index (Phi) is 7.30. The van der Waals surface area contributed by atoms with E-state index >= 15 is 0 Å². The summed E-state index contributed by atoms with van der Waals surface area (Å²) in [6.07, 6.45) is -8.62. The molecule has 0 radical (unpaired) electrons. The van der Waals surface area contributed by atoms with Gasteiger partial charge in [-0.3, -0.25) is 0 Å². The zero-order valence-corrected chi connectivity index (χ0v) is 16.9. The minimum Gasteiger partial charge on any atom is -0.454 e. The third kappa shape index (κ3) is 7.27. The molecule has 0 amide bonds. The first-order valence-corrected chi connectivity index (χ1v) is 9.66. The number of alkyl halides is 6. The third-order valence-corrected chi connectivity index (χ3v) is 4.45. The van der Waals surface area contributed by atoms with E-state index in [1.165, 1.54) is 18.2 Å². The molecule has 3 rings (SSSR count). The minimum absolute atomic E-state index is 0.0495. The number of allylic oxidation sites excluding steroid dienone is 2. The van der Waals surface area contributed by atoms with Crippen molar-refractivity contribution < 1.29 is 40.2 Å². The highest BCUT2D eigenvalue weighted by Gasteiger charge is 2.35. The Labute approximate surface area is 184 Å². The number of para-hydroxylation sites is 1. The monoisotopic (exact) mass is 470 g/mol. The van der Waals surface area contributed by atoms with Gasteiger partial charge in [-0.25, -0.2) is 4.39 Å². The normalized spacial score (nSPS) is 12.5. The summed E-state index contributed by atoms with van der Waals surface area (Å²) in [5.41, 5.74) is -0.748. The molecular formula is C24H17F7O2. The lowest BCUT2D eigenvalue weighted by atomic mass is 10.0. The first kappa shape index (κ1) is 24.2. The molecule has 0 fully saturated rings. The average Bonchev–Trinajstić information content (AvgIpc) is 2.73. The van der Waals surface area contributed by atoms with Crippen LogP contribution in [0.3, 0.4) is 0 Å². The van der Waals surface area contributed by atoms with Crippen LogP contribution in [0.2, 0.25) is 0 Å². The van der Waals surface area contributed by atoms with Gasteiger partial charge in [-0.2, -0.15) is 13.2 Å². The van der Waals surface area contributed by atoms with E-state index in [9.17, 15) is 30.7 Å². The van der Waals surface area contributed by atoms with Crippen LogP contribution in [0.1, 0.15) is 17.5 Å². The Morgan fingerprint density at radius 1 is 0.788 bits per heavy atom. The van der Waals surface area contributed by atoms with Gasteiger partial charge in [-0.15, -0.1) is 13.2 Å². The Morgan fingerprint density at radius 3 is 2.06 bits per heavy atom. The number of halogens is 7. The van der Waals surface area contributed by atoms with Crippen LogP contribution in [0.15, 0.2) is 78.9 Å². The highest BCUT2D eigenvalue weighted by atomic mass is 19.4. The summed E-state index contributed by atoms with van der Waals surface area (Å²) in [6.45, 7) is 0. The molecule has 0 unspecified atom stereocenters. The SMILES string of the molecule is Fc1ccc(CCC=C(c2ccc(OC(F)(F)F)cc2)C(F)(F)F)cc1Oc1ccccc1. The van der Waals surface area contributed by atoms with Gasteiger partial charge in [-0.1, -0.05) is 42.5 Å². The van der Waals surface area contributed by atoms with E-state index in [-0.39, 0.29) is 24.2 Å². The van der Waals surface area contributed by atoms with Crippen LogP contribution in [-0.2, 0) is 6.42 Å². The van der Waals surface area contributed by atoms with Crippen LogP contribution in [0, 0.1) is 5.82 Å². The second kappa shape index (κ2) is 9.97. The van der Waals surface area contributed by atoms with Gasteiger partial charge < -0.3 is 9.47 Å². The molecule has 0 heterocycles. The Morgan fingerprint density at radius 2 is 1.45 bits per heavy atom. The zero-order valence-electron chi connectivity index (χ0n) is 16.9. The van der Waals surface area contributed by atoms with E-state index < -0.39 is 29.7 Å². The first-order chi connectivity index (χ1) is 15.5. The molecule has 0 aromatic heterocycles. The van der Waals surface area contributed by atoms with E-state index in [2.05, 4.69) is 4.74 Å². The summed E-state index contributed by atoms with van der Waals surface area (Å²) in [5.74, 6) is -0.884. The number of hydrogen-bond acceptors (Lipinski definition) is 2. The molecule has 0 saturated carbocycles. The lowest BCUT2D eigenvalue weighted by molar-refractivity contribution is -0.274. The Balaban J connectivity index is 1.74. The van der Waals surface area contributed by atoms with Crippen LogP contribution in [0.25, 0.3) is 5.57 Å². The molecule has 9 heteroatoms. The van der Waals surface area contributed by atoms with Crippen LogP contribution in [0.5, 0.6) is 17.2 Å². The molecule has 2 nitrogen and oxygen atoms in total. The second-order valence-corrected chi connectivity index (χ2v) is 6.91. The summed E-state index contributed by atoms with van der Waals surface area (Å²) < 4.78 is 100.